The van der Waals surface area contributed by atoms with Crippen LogP contribution in [0.4, 0.5) is 17.1 Å². The third kappa shape index (κ3) is 9.23. The highest BCUT2D eigenvalue weighted by molar-refractivity contribution is 7.94. The van der Waals surface area contributed by atoms with Gasteiger partial charge in [-0.2, -0.15) is 13.5 Å². The van der Waals surface area contributed by atoms with E-state index in [9.17, 15) is 21.9 Å². The zero-order chi connectivity index (χ0) is 28.5. The molecule has 212 valence electrons. The number of nitrogens with zero attached hydrogens (tertiary/aromatic N) is 2. The number of phenols is 1. The van der Waals surface area contributed by atoms with Crippen LogP contribution in [0.15, 0.2) is 68.6 Å². The van der Waals surface area contributed by atoms with Gasteiger partial charge in [-0.3, -0.25) is 8.74 Å². The summed E-state index contributed by atoms with van der Waals surface area (Å²) in [5.41, 5.74) is 0.399. The summed E-state index contributed by atoms with van der Waals surface area (Å²) in [6, 6.07) is 11.0. The van der Waals surface area contributed by atoms with Gasteiger partial charge in [0.25, 0.3) is 10.1 Å². The zero-order valence-corrected chi connectivity index (χ0v) is 22.5. The molecule has 5 N–H and O–H groups in total. The summed E-state index contributed by atoms with van der Waals surface area (Å²) in [5, 5.41) is 45.1. The van der Waals surface area contributed by atoms with Crippen molar-refractivity contribution in [1.82, 2.24) is 0 Å². The minimum atomic E-state index is -4.41. The minimum Gasteiger partial charge on any atom is -0.507 e. The number of rotatable bonds is 15. The summed E-state index contributed by atoms with van der Waals surface area (Å²) in [7, 11) is -8.15. The van der Waals surface area contributed by atoms with E-state index in [2.05, 4.69) is 34.3 Å². The normalized spacial score (nSPS) is 12.4. The van der Waals surface area contributed by atoms with Gasteiger partial charge in [-0.25, -0.2) is 18.9 Å². The molecule has 3 aromatic rings. The number of anilines is 1. The first-order valence-electron chi connectivity index (χ1n) is 10.2. The molecule has 0 heterocycles. The quantitative estimate of drug-likeness (QED) is 0.0392. The smallest absolute Gasteiger partial charge is 0.283 e. The molecule has 0 bridgehead atoms. The maximum Gasteiger partial charge on any atom is 0.283 e. The van der Waals surface area contributed by atoms with Gasteiger partial charge >= 0.3 is 0 Å². The molecule has 0 unspecified atom stereocenters. The Morgan fingerprint density at radius 2 is 1.62 bits per heavy atom. The van der Waals surface area contributed by atoms with Crippen molar-refractivity contribution in [1.29, 1.82) is 0 Å². The van der Waals surface area contributed by atoms with Crippen LogP contribution >= 0.6 is 24.4 Å². The van der Waals surface area contributed by atoms with Gasteiger partial charge in [0.2, 0.25) is 0 Å². The van der Waals surface area contributed by atoms with Crippen LogP contribution in [0.1, 0.15) is 0 Å². The molecule has 0 saturated carbocycles. The van der Waals surface area contributed by atoms with Crippen LogP contribution in [0.2, 0.25) is 0 Å². The molecule has 0 spiro atoms. The van der Waals surface area contributed by atoms with E-state index in [0.717, 1.165) is 0 Å². The molecule has 0 aliphatic rings. The van der Waals surface area contributed by atoms with Gasteiger partial charge in [0.05, 0.1) is 40.7 Å². The molecule has 3 aromatic carbocycles. The van der Waals surface area contributed by atoms with Crippen LogP contribution in [0.5, 0.6) is 5.75 Å². The molecule has 0 atom stereocenters. The number of hydrogen-bond donors (Lipinski definition) is 5. The predicted octanol–water partition coefficient (Wildman–Crippen LogP) is 4.42. The highest BCUT2D eigenvalue weighted by Gasteiger charge is 2.16. The average molecular weight is 626 g/mol. The fraction of sp³-hybridized carbons (Fsp3) is 0.158. The van der Waals surface area contributed by atoms with Crippen LogP contribution in [-0.4, -0.2) is 55.2 Å². The highest BCUT2D eigenvalue weighted by atomic mass is 32.2. The van der Waals surface area contributed by atoms with E-state index in [4.69, 9.17) is 19.3 Å². The van der Waals surface area contributed by atoms with E-state index < -0.39 is 31.6 Å². The topological polar surface area (TPSA) is 232 Å². The minimum absolute atomic E-state index is 0.0345. The number of sulfone groups is 1. The summed E-state index contributed by atoms with van der Waals surface area (Å²) in [4.78, 5) is 0.234. The Morgan fingerprint density at radius 1 is 0.897 bits per heavy atom. The van der Waals surface area contributed by atoms with Gasteiger partial charge in [-0.1, -0.05) is 10.1 Å². The lowest BCUT2D eigenvalue weighted by Crippen LogP contribution is -2.13. The van der Waals surface area contributed by atoms with E-state index in [0.29, 0.717) is 17.4 Å². The predicted molar refractivity (Wildman–Crippen MR) is 137 cm³/mol. The maximum absolute atomic E-state index is 12.4. The second-order valence-corrected chi connectivity index (χ2v) is 12.0. The number of azo groups is 1. The van der Waals surface area contributed by atoms with Gasteiger partial charge < -0.3 is 10.4 Å². The molecule has 0 aliphatic heterocycles. The van der Waals surface area contributed by atoms with Crippen molar-refractivity contribution in [2.75, 3.05) is 23.6 Å². The summed E-state index contributed by atoms with van der Waals surface area (Å²) in [5.74, 6) is -1.46. The Balaban J connectivity index is 1.92. The first-order chi connectivity index (χ1) is 18.5. The number of hydrogen-bond acceptors (Lipinski definition) is 17. The number of fused-ring (bicyclic) bond motifs is 1. The van der Waals surface area contributed by atoms with Crippen molar-refractivity contribution in [3.05, 3.63) is 48.5 Å². The fourth-order valence-electron chi connectivity index (χ4n) is 3.05. The maximum atomic E-state index is 12.4. The second-order valence-electron chi connectivity index (χ2n) is 7.17. The third-order valence-electron chi connectivity index (χ3n) is 4.67. The Labute approximate surface area is 229 Å². The first kappa shape index (κ1) is 30.9. The average Bonchev–Trinajstić information content (AvgIpc) is 2.89. The van der Waals surface area contributed by atoms with E-state index in [-0.39, 0.29) is 56.9 Å². The first-order valence-corrected chi connectivity index (χ1v) is 14.9. The highest BCUT2D eigenvalue weighted by Crippen LogP contribution is 2.41. The van der Waals surface area contributed by atoms with Crippen molar-refractivity contribution in [2.45, 2.75) is 9.79 Å². The molecule has 0 amide bonds. The molecular weight excluding hydrogens is 606 g/mol. The standard InChI is InChI=1S/C19H19N3O13S4/c23-18-10-13(36-34-32-24)9-16-15(18)5-6-17(20-11-39(28,29)30)19(16)22-21-12-1-3-14(4-2-12)38(26,27)8-7-31-37-35-33-25/h1-6,9-10,20,23-25H,7-8,11H2,(H,28,29,30). The van der Waals surface area contributed by atoms with Crippen molar-refractivity contribution in [2.24, 2.45) is 10.2 Å². The van der Waals surface area contributed by atoms with Crippen LogP contribution in [0, 0.1) is 0 Å². The van der Waals surface area contributed by atoms with Crippen LogP contribution in [0.3, 0.4) is 0 Å². The van der Waals surface area contributed by atoms with Gasteiger partial charge in [0, 0.05) is 15.7 Å². The molecule has 3 rings (SSSR count). The summed E-state index contributed by atoms with van der Waals surface area (Å²) in [6.45, 7) is -0.263. The van der Waals surface area contributed by atoms with E-state index in [1.165, 1.54) is 48.5 Å². The molecule has 39 heavy (non-hydrogen) atoms. The number of nitrogens with one attached hydrogen (secondary N) is 1. The van der Waals surface area contributed by atoms with Gasteiger partial charge in [0.1, 0.15) is 17.3 Å². The summed E-state index contributed by atoms with van der Waals surface area (Å²) >= 11 is 0.807. The second kappa shape index (κ2) is 14.2. The van der Waals surface area contributed by atoms with Crippen molar-refractivity contribution < 1.29 is 59.9 Å². The molecule has 0 aromatic heterocycles. The fourth-order valence-corrected chi connectivity index (χ4v) is 5.23. The molecule has 0 radical (unpaired) electrons. The lowest BCUT2D eigenvalue weighted by Gasteiger charge is -2.12. The molecule has 0 saturated heterocycles. The SMILES string of the molecule is O=S(=O)(O)CNc1ccc2c(O)cc(SOOO)cc2c1N=Nc1ccc(S(=O)(=O)CCOSOOO)cc1. The molecule has 0 aliphatic carbocycles. The summed E-state index contributed by atoms with van der Waals surface area (Å²) in [6.07, 6.45) is 0. The van der Waals surface area contributed by atoms with Gasteiger partial charge in [-0.05, 0) is 48.5 Å². The molecule has 0 fully saturated rings. The number of benzene rings is 3. The van der Waals surface area contributed by atoms with E-state index in [1.54, 1.807) is 0 Å². The van der Waals surface area contributed by atoms with Gasteiger partial charge in [0.15, 0.2) is 22.2 Å². The summed E-state index contributed by atoms with van der Waals surface area (Å²) < 4.78 is 69.7. The largest absolute Gasteiger partial charge is 0.507 e. The third-order valence-corrected chi connectivity index (χ3v) is 7.81. The Kier molecular flexibility index (Phi) is 11.2. The van der Waals surface area contributed by atoms with Crippen LogP contribution in [-0.2, 0) is 42.9 Å². The zero-order valence-electron chi connectivity index (χ0n) is 19.2. The Bertz CT molecular complexity index is 1520. The van der Waals surface area contributed by atoms with E-state index in [1.807, 2.05) is 0 Å². The number of aromatic hydroxyl groups is 1. The monoisotopic (exact) mass is 625 g/mol. The van der Waals surface area contributed by atoms with E-state index >= 15 is 0 Å². The Hall–Kier alpha value is -2.60. The van der Waals surface area contributed by atoms with Crippen LogP contribution < -0.4 is 5.32 Å². The molecular formula is C19H19N3O13S4. The lowest BCUT2D eigenvalue weighted by atomic mass is 10.1. The van der Waals surface area contributed by atoms with Crippen molar-refractivity contribution >= 4 is 72.2 Å². The van der Waals surface area contributed by atoms with Gasteiger partial charge in [-0.15, -0.1) is 13.8 Å². The van der Waals surface area contributed by atoms with Crippen molar-refractivity contribution in [3.8, 4) is 5.75 Å². The lowest BCUT2D eigenvalue weighted by molar-refractivity contribution is -0.434. The van der Waals surface area contributed by atoms with Crippen molar-refractivity contribution in [3.63, 3.8) is 0 Å². The molecule has 16 nitrogen and oxygen atoms in total. The molecule has 20 heteroatoms. The van der Waals surface area contributed by atoms with Crippen LogP contribution in [0.25, 0.3) is 10.8 Å². The number of phenolic OH excluding ortho intramolecular Hbond substituents is 1. The Morgan fingerprint density at radius 3 is 2.28 bits per heavy atom.